The molecule has 0 aliphatic heterocycles. The molecule has 2 N–H and O–H groups in total. The number of halogens is 3. The highest BCUT2D eigenvalue weighted by Crippen LogP contribution is 2.73. The second-order valence-electron chi connectivity index (χ2n) is 10.5. The lowest BCUT2D eigenvalue weighted by Crippen LogP contribution is -2.65. The first kappa shape index (κ1) is 20.6. The number of fused-ring (bicyclic) bond motifs is 1. The summed E-state index contributed by atoms with van der Waals surface area (Å²) in [6.45, 7) is 2.24. The number of amides is 1. The summed E-state index contributed by atoms with van der Waals surface area (Å²) in [6.07, 6.45) is 1.99. The van der Waals surface area contributed by atoms with Crippen LogP contribution in [-0.4, -0.2) is 17.0 Å². The van der Waals surface area contributed by atoms with Crippen molar-refractivity contribution in [1.82, 2.24) is 4.98 Å². The Kier molecular flexibility index (Phi) is 4.24. The first-order chi connectivity index (χ1) is 15.6. The van der Waals surface area contributed by atoms with E-state index in [4.69, 9.17) is 4.74 Å². The second kappa shape index (κ2) is 6.78. The van der Waals surface area contributed by atoms with Crippen molar-refractivity contribution in [3.8, 4) is 5.75 Å². The molecule has 0 spiro atoms. The van der Waals surface area contributed by atoms with Gasteiger partial charge in [-0.2, -0.15) is 13.2 Å². The second-order valence-corrected chi connectivity index (χ2v) is 10.5. The molecule has 7 heteroatoms. The molecule has 1 amide bonds. The highest BCUT2D eigenvalue weighted by Gasteiger charge is 2.68. The van der Waals surface area contributed by atoms with Gasteiger partial charge in [0.05, 0.1) is 22.8 Å². The van der Waals surface area contributed by atoms with Gasteiger partial charge in [-0.15, -0.1) is 0 Å². The Labute approximate surface area is 189 Å². The van der Waals surface area contributed by atoms with Crippen LogP contribution < -0.4 is 10.1 Å². The topological polar surface area (TPSA) is 54.1 Å². The molecule has 1 heterocycles. The predicted octanol–water partition coefficient (Wildman–Crippen LogP) is 6.64. The molecule has 1 aromatic heterocycles. The highest BCUT2D eigenvalue weighted by molar-refractivity contribution is 6.05. The van der Waals surface area contributed by atoms with Crippen LogP contribution >= 0.6 is 0 Å². The van der Waals surface area contributed by atoms with Gasteiger partial charge in [0.25, 0.3) is 0 Å². The Morgan fingerprint density at radius 1 is 1.09 bits per heavy atom. The fraction of sp³-hybridized carbons (Fsp3) is 0.423. The number of nitrogens with one attached hydrogen (secondary N) is 2. The molecule has 4 fully saturated rings. The first-order valence-electron chi connectivity index (χ1n) is 11.4. The third-order valence-electron chi connectivity index (χ3n) is 7.79. The molecule has 0 atom stereocenters. The summed E-state index contributed by atoms with van der Waals surface area (Å²) in [5, 5.41) is 4.02. The van der Waals surface area contributed by atoms with Crippen molar-refractivity contribution >= 4 is 22.5 Å². The molecule has 4 nitrogen and oxygen atoms in total. The molecule has 0 radical (unpaired) electrons. The van der Waals surface area contributed by atoms with E-state index < -0.39 is 11.7 Å². The zero-order chi connectivity index (χ0) is 23.0. The van der Waals surface area contributed by atoms with Crippen LogP contribution in [0.1, 0.15) is 56.1 Å². The quantitative estimate of drug-likeness (QED) is 0.454. The van der Waals surface area contributed by atoms with Gasteiger partial charge >= 0.3 is 6.18 Å². The average molecular weight is 454 g/mol. The maximum atomic E-state index is 12.8. The number of hydrogen-bond donors (Lipinski definition) is 2. The van der Waals surface area contributed by atoms with Crippen LogP contribution in [0.4, 0.5) is 18.9 Å². The van der Waals surface area contributed by atoms with E-state index >= 15 is 0 Å². The molecule has 0 saturated heterocycles. The van der Waals surface area contributed by atoms with Gasteiger partial charge in [0, 0.05) is 17.1 Å². The summed E-state index contributed by atoms with van der Waals surface area (Å²) in [7, 11) is 0. The average Bonchev–Trinajstić information content (AvgIpc) is 3.08. The molecule has 7 rings (SSSR count). The van der Waals surface area contributed by atoms with Crippen LogP contribution in [0.15, 0.2) is 48.7 Å². The summed E-state index contributed by atoms with van der Waals surface area (Å²) < 4.78 is 44.4. The number of rotatable bonds is 5. The fourth-order valence-electron chi connectivity index (χ4n) is 6.14. The number of aromatic nitrogens is 1. The van der Waals surface area contributed by atoms with E-state index in [1.807, 2.05) is 24.4 Å². The normalized spacial score (nSPS) is 30.2. The van der Waals surface area contributed by atoms with Crippen molar-refractivity contribution in [2.75, 3.05) is 5.32 Å². The lowest BCUT2D eigenvalue weighted by molar-refractivity contribution is -0.194. The fourth-order valence-corrected chi connectivity index (χ4v) is 6.14. The van der Waals surface area contributed by atoms with Crippen molar-refractivity contribution in [3.63, 3.8) is 0 Å². The number of benzene rings is 2. The molecule has 172 valence electrons. The van der Waals surface area contributed by atoms with Crippen molar-refractivity contribution < 1.29 is 22.7 Å². The zero-order valence-electron chi connectivity index (χ0n) is 18.3. The number of carbonyl (C=O) groups excluding carboxylic acids is 1. The van der Waals surface area contributed by atoms with E-state index in [1.165, 1.54) is 0 Å². The monoisotopic (exact) mass is 454 g/mol. The first-order valence-corrected chi connectivity index (χ1v) is 11.4. The molecule has 0 unspecified atom stereocenters. The van der Waals surface area contributed by atoms with Gasteiger partial charge in [-0.25, -0.2) is 0 Å². The van der Waals surface area contributed by atoms with Gasteiger partial charge in [-0.1, -0.05) is 19.1 Å². The lowest BCUT2D eigenvalue weighted by Gasteiger charge is -2.68. The van der Waals surface area contributed by atoms with Gasteiger partial charge < -0.3 is 15.0 Å². The van der Waals surface area contributed by atoms with E-state index in [2.05, 4.69) is 17.2 Å². The Morgan fingerprint density at radius 3 is 2.42 bits per heavy atom. The van der Waals surface area contributed by atoms with E-state index in [1.54, 1.807) is 12.1 Å². The van der Waals surface area contributed by atoms with Crippen LogP contribution in [0.2, 0.25) is 0 Å². The number of aromatic amines is 1. The van der Waals surface area contributed by atoms with Crippen LogP contribution in [-0.2, 0) is 11.0 Å². The molecular weight excluding hydrogens is 429 g/mol. The molecular formula is C26H25F3N2O2. The van der Waals surface area contributed by atoms with Gasteiger partial charge in [0.15, 0.2) is 0 Å². The molecule has 4 saturated carbocycles. The molecule has 4 aliphatic carbocycles. The maximum absolute atomic E-state index is 12.8. The van der Waals surface area contributed by atoms with Gasteiger partial charge in [0.2, 0.25) is 5.91 Å². The Hall–Kier alpha value is -2.96. The van der Waals surface area contributed by atoms with Crippen LogP contribution in [0.5, 0.6) is 5.75 Å². The predicted molar refractivity (Wildman–Crippen MR) is 119 cm³/mol. The molecule has 33 heavy (non-hydrogen) atoms. The number of ether oxygens (including phenoxy) is 1. The molecule has 2 aromatic carbocycles. The summed E-state index contributed by atoms with van der Waals surface area (Å²) >= 11 is 0. The van der Waals surface area contributed by atoms with E-state index in [0.717, 1.165) is 72.1 Å². The SMILES string of the molecule is CC12CC(C(=O)Nc3c[nH]c4ccc(OC5CC(c6ccc(C(F)(F)F)cc6)C5)cc34)(C1)C2. The van der Waals surface area contributed by atoms with Crippen LogP contribution in [0, 0.1) is 10.8 Å². The third-order valence-corrected chi connectivity index (χ3v) is 7.79. The summed E-state index contributed by atoms with van der Waals surface area (Å²) in [4.78, 5) is 16.0. The van der Waals surface area contributed by atoms with Crippen molar-refractivity contribution in [2.45, 2.75) is 57.2 Å². The lowest BCUT2D eigenvalue weighted by atomic mass is 9.35. The maximum Gasteiger partial charge on any atom is 0.416 e. The number of hydrogen-bond acceptors (Lipinski definition) is 2. The standard InChI is InChI=1S/C26H25F3N2O2/c1-24-12-25(13-24,14-24)23(32)31-22-11-30-21-7-6-18(10-20(21)22)33-19-8-16(9-19)15-2-4-17(5-3-15)26(27,28)29/h2-7,10-11,16,19,30H,8-9,12-14H2,1H3,(H,31,32). The molecule has 4 aliphatic rings. The minimum absolute atomic E-state index is 0.0215. The van der Waals surface area contributed by atoms with Crippen LogP contribution in [0.25, 0.3) is 10.9 Å². The van der Waals surface area contributed by atoms with E-state index in [0.29, 0.717) is 5.41 Å². The minimum atomic E-state index is -4.31. The Bertz CT molecular complexity index is 1220. The Balaban J connectivity index is 1.09. The van der Waals surface area contributed by atoms with Gasteiger partial charge in [-0.05, 0) is 79.3 Å². The van der Waals surface area contributed by atoms with E-state index in [-0.39, 0.29) is 23.3 Å². The number of H-pyrrole nitrogens is 1. The van der Waals surface area contributed by atoms with Crippen molar-refractivity contribution in [3.05, 3.63) is 59.8 Å². The third kappa shape index (κ3) is 3.40. The Morgan fingerprint density at radius 2 is 1.79 bits per heavy atom. The smallest absolute Gasteiger partial charge is 0.416 e. The molecule has 2 bridgehead atoms. The van der Waals surface area contributed by atoms with E-state index in [9.17, 15) is 18.0 Å². The van der Waals surface area contributed by atoms with Gasteiger partial charge in [0.1, 0.15) is 5.75 Å². The zero-order valence-corrected chi connectivity index (χ0v) is 18.3. The number of anilines is 1. The van der Waals surface area contributed by atoms with Gasteiger partial charge in [-0.3, -0.25) is 4.79 Å². The van der Waals surface area contributed by atoms with Crippen LogP contribution in [0.3, 0.4) is 0 Å². The molecule has 3 aromatic rings. The largest absolute Gasteiger partial charge is 0.490 e. The van der Waals surface area contributed by atoms with Crippen molar-refractivity contribution in [2.24, 2.45) is 10.8 Å². The number of alkyl halides is 3. The summed E-state index contributed by atoms with van der Waals surface area (Å²) in [6, 6.07) is 11.2. The number of carbonyl (C=O) groups is 1. The van der Waals surface area contributed by atoms with Crippen molar-refractivity contribution in [1.29, 1.82) is 0 Å². The summed E-state index contributed by atoms with van der Waals surface area (Å²) in [5.41, 5.74) is 2.19. The summed E-state index contributed by atoms with van der Waals surface area (Å²) in [5.74, 6) is 1.04. The minimum Gasteiger partial charge on any atom is -0.490 e. The highest BCUT2D eigenvalue weighted by atomic mass is 19.4.